The number of aromatic nitrogens is 2. The highest BCUT2D eigenvalue weighted by Gasteiger charge is 2.20. The van der Waals surface area contributed by atoms with Gasteiger partial charge in [0.2, 0.25) is 0 Å². The van der Waals surface area contributed by atoms with Crippen molar-refractivity contribution in [3.8, 4) is 6.07 Å². The van der Waals surface area contributed by atoms with Crippen LogP contribution in [0, 0.1) is 17.1 Å². The third kappa shape index (κ3) is 4.56. The lowest BCUT2D eigenvalue weighted by atomic mass is 10.2. The van der Waals surface area contributed by atoms with E-state index in [0.29, 0.717) is 54.4 Å². The van der Waals surface area contributed by atoms with Gasteiger partial charge in [0.25, 0.3) is 5.56 Å². The molecule has 7 nitrogen and oxygen atoms in total. The van der Waals surface area contributed by atoms with Gasteiger partial charge in [-0.1, -0.05) is 6.92 Å². The third-order valence-electron chi connectivity index (χ3n) is 4.79. The summed E-state index contributed by atoms with van der Waals surface area (Å²) in [6, 6.07) is 6.49. The van der Waals surface area contributed by atoms with Crippen LogP contribution < -0.4 is 16.2 Å². The summed E-state index contributed by atoms with van der Waals surface area (Å²) < 4.78 is 14.2. The molecule has 0 unspecified atom stereocenters. The first-order valence-corrected chi connectivity index (χ1v) is 9.21. The van der Waals surface area contributed by atoms with Crippen LogP contribution in [0.5, 0.6) is 0 Å². The first-order valence-electron chi connectivity index (χ1n) is 9.21. The molecule has 0 saturated carbocycles. The van der Waals surface area contributed by atoms with E-state index in [2.05, 4.69) is 14.9 Å². The van der Waals surface area contributed by atoms with Gasteiger partial charge < -0.3 is 15.6 Å². The van der Waals surface area contributed by atoms with Crippen LogP contribution in [0.25, 0.3) is 6.08 Å². The lowest BCUT2D eigenvalue weighted by Gasteiger charge is -2.36. The van der Waals surface area contributed by atoms with Gasteiger partial charge in [-0.25, -0.2) is 9.37 Å². The summed E-state index contributed by atoms with van der Waals surface area (Å²) in [6.45, 7) is 5.23. The van der Waals surface area contributed by atoms with E-state index in [9.17, 15) is 9.18 Å². The van der Waals surface area contributed by atoms with E-state index in [1.165, 1.54) is 6.07 Å². The van der Waals surface area contributed by atoms with E-state index in [1.807, 2.05) is 17.9 Å². The van der Waals surface area contributed by atoms with E-state index < -0.39 is 0 Å². The average Bonchev–Trinajstić information content (AvgIpc) is 2.68. The predicted molar refractivity (Wildman–Crippen MR) is 106 cm³/mol. The van der Waals surface area contributed by atoms with Crippen LogP contribution in [0.3, 0.4) is 0 Å². The van der Waals surface area contributed by atoms with Crippen LogP contribution in [0.2, 0.25) is 0 Å². The second-order valence-electron chi connectivity index (χ2n) is 6.74. The number of hydrogen-bond donors (Lipinski definition) is 2. The summed E-state index contributed by atoms with van der Waals surface area (Å²) in [4.78, 5) is 22.9. The number of aromatic amines is 1. The number of nitrogens with zero attached hydrogens (tertiary/aromatic N) is 4. The fraction of sp³-hybridized carbons (Fsp3) is 0.350. The van der Waals surface area contributed by atoms with Gasteiger partial charge in [-0.3, -0.25) is 9.69 Å². The number of benzene rings is 1. The number of nitriles is 1. The average molecular weight is 382 g/mol. The highest BCUT2D eigenvalue weighted by Crippen LogP contribution is 2.22. The molecule has 2 heterocycles. The molecule has 1 aromatic carbocycles. The van der Waals surface area contributed by atoms with E-state index in [-0.39, 0.29) is 11.4 Å². The number of piperazine rings is 1. The molecule has 0 radical (unpaired) electrons. The molecule has 3 N–H and O–H groups in total. The van der Waals surface area contributed by atoms with Crippen LogP contribution in [0.4, 0.5) is 10.1 Å². The lowest BCUT2D eigenvalue weighted by Crippen LogP contribution is -2.47. The second kappa shape index (κ2) is 8.67. The zero-order valence-electron chi connectivity index (χ0n) is 15.8. The van der Waals surface area contributed by atoms with Gasteiger partial charge in [0, 0.05) is 56.3 Å². The fourth-order valence-electron chi connectivity index (χ4n) is 3.22. The zero-order valence-corrected chi connectivity index (χ0v) is 15.8. The molecule has 0 atom stereocenters. The van der Waals surface area contributed by atoms with Crippen molar-refractivity contribution in [2.75, 3.05) is 37.6 Å². The van der Waals surface area contributed by atoms with Crippen molar-refractivity contribution < 1.29 is 4.39 Å². The number of H-pyrrole nitrogens is 1. The van der Waals surface area contributed by atoms with Crippen molar-refractivity contribution in [1.82, 2.24) is 14.9 Å². The quantitative estimate of drug-likeness (QED) is 0.812. The summed E-state index contributed by atoms with van der Waals surface area (Å²) >= 11 is 0. The van der Waals surface area contributed by atoms with Gasteiger partial charge >= 0.3 is 0 Å². The molecule has 8 heteroatoms. The van der Waals surface area contributed by atoms with E-state index in [4.69, 9.17) is 11.0 Å². The molecule has 1 aliphatic heterocycles. The van der Waals surface area contributed by atoms with Crippen molar-refractivity contribution in [1.29, 1.82) is 5.26 Å². The van der Waals surface area contributed by atoms with E-state index in [0.717, 1.165) is 13.1 Å². The van der Waals surface area contributed by atoms with Gasteiger partial charge in [0.1, 0.15) is 11.6 Å². The Bertz CT molecular complexity index is 969. The molecule has 0 amide bonds. The molecule has 1 saturated heterocycles. The van der Waals surface area contributed by atoms with Gasteiger partial charge in [-0.15, -0.1) is 0 Å². The molecule has 0 spiro atoms. The third-order valence-corrected chi connectivity index (χ3v) is 4.79. The molecular weight excluding hydrogens is 359 g/mol. The number of anilines is 1. The predicted octanol–water partition coefficient (Wildman–Crippen LogP) is 1.46. The summed E-state index contributed by atoms with van der Waals surface area (Å²) in [6.07, 6.45) is 3.88. The largest absolute Gasteiger partial charge is 0.401 e. The molecule has 2 aromatic rings. The molecule has 1 aliphatic rings. The molecule has 28 heavy (non-hydrogen) atoms. The normalized spacial score (nSPS) is 15.5. The highest BCUT2D eigenvalue weighted by atomic mass is 19.1. The maximum atomic E-state index is 14.2. The molecule has 0 aliphatic carbocycles. The Morgan fingerprint density at radius 3 is 2.75 bits per heavy atom. The smallest absolute Gasteiger partial charge is 0.254 e. The van der Waals surface area contributed by atoms with E-state index >= 15 is 0 Å². The Hall–Kier alpha value is -3.18. The highest BCUT2D eigenvalue weighted by molar-refractivity contribution is 5.51. The molecular formula is C20H23FN6O. The first kappa shape index (κ1) is 19.6. The molecule has 3 rings (SSSR count). The van der Waals surface area contributed by atoms with E-state index in [1.54, 1.807) is 24.4 Å². The Balaban J connectivity index is 1.59. The van der Waals surface area contributed by atoms with Crippen LogP contribution in [0.15, 0.2) is 34.9 Å². The van der Waals surface area contributed by atoms with Crippen molar-refractivity contribution >= 4 is 11.8 Å². The Labute approximate surface area is 162 Å². The molecule has 1 fully saturated rings. The van der Waals surface area contributed by atoms with Gasteiger partial charge in [0.15, 0.2) is 0 Å². The Morgan fingerprint density at radius 1 is 1.39 bits per heavy atom. The summed E-state index contributed by atoms with van der Waals surface area (Å²) in [5.41, 5.74) is 8.04. The summed E-state index contributed by atoms with van der Waals surface area (Å²) in [5, 5.41) is 8.85. The van der Waals surface area contributed by atoms with Crippen LogP contribution >= 0.6 is 0 Å². The summed E-state index contributed by atoms with van der Waals surface area (Å²) in [7, 11) is 0. The van der Waals surface area contributed by atoms with Crippen LogP contribution in [-0.4, -0.2) is 47.6 Å². The standard InChI is InChI=1S/C20H23FN6O/c1-2-15-12-24-19(25-20(15)28)10-16(23)13-26-5-7-27(8-6-26)18-4-3-14(11-22)9-17(18)21/h3-4,9-10,12H,2,5-8,13,23H2,1H3,(H,24,25,28)/b16-10-. The Morgan fingerprint density at radius 2 is 2.14 bits per heavy atom. The number of nitrogens with one attached hydrogen (secondary N) is 1. The van der Waals surface area contributed by atoms with Crippen molar-refractivity contribution in [3.63, 3.8) is 0 Å². The topological polar surface area (TPSA) is 102 Å². The van der Waals surface area contributed by atoms with Crippen molar-refractivity contribution in [3.05, 3.63) is 63.2 Å². The number of aryl methyl sites for hydroxylation is 1. The fourth-order valence-corrected chi connectivity index (χ4v) is 3.22. The van der Waals surface area contributed by atoms with Crippen molar-refractivity contribution in [2.45, 2.75) is 13.3 Å². The minimum atomic E-state index is -0.377. The number of nitrogens with two attached hydrogens (primary N) is 1. The lowest BCUT2D eigenvalue weighted by molar-refractivity contribution is 0.277. The number of rotatable bonds is 5. The van der Waals surface area contributed by atoms with Gasteiger partial charge in [-0.2, -0.15) is 5.26 Å². The first-order chi connectivity index (χ1) is 13.5. The molecule has 146 valence electrons. The maximum Gasteiger partial charge on any atom is 0.254 e. The minimum absolute atomic E-state index is 0.144. The molecule has 1 aromatic heterocycles. The number of hydrogen-bond acceptors (Lipinski definition) is 6. The second-order valence-corrected chi connectivity index (χ2v) is 6.74. The van der Waals surface area contributed by atoms with Crippen LogP contribution in [0.1, 0.15) is 23.9 Å². The molecule has 0 bridgehead atoms. The van der Waals surface area contributed by atoms with Gasteiger partial charge in [0.05, 0.1) is 17.3 Å². The maximum absolute atomic E-state index is 14.2. The minimum Gasteiger partial charge on any atom is -0.401 e. The summed E-state index contributed by atoms with van der Waals surface area (Å²) in [5.74, 6) is 0.0652. The monoisotopic (exact) mass is 382 g/mol. The SMILES string of the molecule is CCc1cnc(/C=C(\N)CN2CCN(c3ccc(C#N)cc3F)CC2)[nH]c1=O. The van der Waals surface area contributed by atoms with Gasteiger partial charge in [-0.05, 0) is 24.6 Å². The zero-order chi connectivity index (χ0) is 20.1. The van der Waals surface area contributed by atoms with Crippen molar-refractivity contribution in [2.24, 2.45) is 5.73 Å². The Kier molecular flexibility index (Phi) is 6.06. The van der Waals surface area contributed by atoms with Crippen LogP contribution in [-0.2, 0) is 6.42 Å². The number of halogens is 1.